The molecular weight excluding hydrogens is 200 g/mol. The summed E-state index contributed by atoms with van der Waals surface area (Å²) >= 11 is 5.87. The molecule has 0 radical (unpaired) electrons. The Labute approximate surface area is 87.5 Å². The van der Waals surface area contributed by atoms with E-state index in [9.17, 15) is 4.79 Å². The molecule has 0 aromatic carbocycles. The molecule has 1 aromatic heterocycles. The lowest BCUT2D eigenvalue weighted by Crippen LogP contribution is -2.12. The predicted octanol–water partition coefficient (Wildman–Crippen LogP) is 2.47. The Morgan fingerprint density at radius 2 is 2.43 bits per heavy atom. The van der Waals surface area contributed by atoms with Gasteiger partial charge in [0.25, 0.3) is 0 Å². The van der Waals surface area contributed by atoms with E-state index in [0.29, 0.717) is 23.0 Å². The molecule has 1 fully saturated rings. The second-order valence-electron chi connectivity index (χ2n) is 3.55. The summed E-state index contributed by atoms with van der Waals surface area (Å²) in [5.74, 6) is 0.618. The first-order valence-corrected chi connectivity index (χ1v) is 5.03. The molecule has 1 amide bonds. The number of halogens is 1. The Morgan fingerprint density at radius 1 is 1.64 bits per heavy atom. The van der Waals surface area contributed by atoms with Crippen molar-refractivity contribution in [2.45, 2.75) is 19.3 Å². The fourth-order valence-corrected chi connectivity index (χ4v) is 1.41. The summed E-state index contributed by atoms with van der Waals surface area (Å²) in [5, 5.41) is 3.28. The summed E-state index contributed by atoms with van der Waals surface area (Å²) in [6.07, 6.45) is 6.11. The zero-order valence-corrected chi connectivity index (χ0v) is 8.42. The molecule has 0 aliphatic heterocycles. The van der Waals surface area contributed by atoms with E-state index in [1.165, 1.54) is 12.8 Å². The number of amides is 1. The first kappa shape index (κ1) is 9.46. The Balaban J connectivity index is 1.95. The van der Waals surface area contributed by atoms with Gasteiger partial charge >= 0.3 is 0 Å². The van der Waals surface area contributed by atoms with Gasteiger partial charge in [-0.2, -0.15) is 0 Å². The van der Waals surface area contributed by atoms with Crippen molar-refractivity contribution < 1.29 is 4.79 Å². The van der Waals surface area contributed by atoms with E-state index in [2.05, 4.69) is 10.3 Å². The van der Waals surface area contributed by atoms with Gasteiger partial charge in [-0.1, -0.05) is 11.6 Å². The quantitative estimate of drug-likeness (QED) is 0.833. The molecule has 1 saturated carbocycles. The molecular formula is C10H11ClN2O. The second-order valence-corrected chi connectivity index (χ2v) is 3.96. The van der Waals surface area contributed by atoms with Crippen molar-refractivity contribution in [3.8, 4) is 0 Å². The van der Waals surface area contributed by atoms with Gasteiger partial charge in [-0.3, -0.25) is 9.78 Å². The van der Waals surface area contributed by atoms with Gasteiger partial charge in [0.05, 0.1) is 16.9 Å². The van der Waals surface area contributed by atoms with Crippen molar-refractivity contribution in [3.63, 3.8) is 0 Å². The van der Waals surface area contributed by atoms with Gasteiger partial charge in [-0.15, -0.1) is 0 Å². The Kier molecular flexibility index (Phi) is 2.68. The lowest BCUT2D eigenvalue weighted by molar-refractivity contribution is -0.116. The average Bonchev–Trinajstić information content (AvgIpc) is 2.93. The van der Waals surface area contributed by atoms with Gasteiger partial charge < -0.3 is 5.32 Å². The van der Waals surface area contributed by atoms with Crippen molar-refractivity contribution in [3.05, 3.63) is 23.5 Å². The van der Waals surface area contributed by atoms with Crippen LogP contribution < -0.4 is 5.32 Å². The van der Waals surface area contributed by atoms with Gasteiger partial charge in [-0.25, -0.2) is 0 Å². The average molecular weight is 211 g/mol. The molecule has 1 N–H and O–H groups in total. The molecule has 1 aliphatic rings. The normalized spacial score (nSPS) is 15.2. The maximum absolute atomic E-state index is 11.4. The topological polar surface area (TPSA) is 42.0 Å². The van der Waals surface area contributed by atoms with Crippen LogP contribution in [0.2, 0.25) is 5.02 Å². The standard InChI is InChI=1S/C10H11ClN2O/c11-8-3-4-12-6-9(8)13-10(14)5-7-1-2-7/h3-4,6-7H,1-2,5H2,(H,13,14). The molecule has 0 unspecified atom stereocenters. The van der Waals surface area contributed by atoms with Crippen molar-refractivity contribution in [2.75, 3.05) is 5.32 Å². The van der Waals surface area contributed by atoms with E-state index in [0.717, 1.165) is 0 Å². The highest BCUT2D eigenvalue weighted by molar-refractivity contribution is 6.33. The van der Waals surface area contributed by atoms with Crippen LogP contribution in [0.25, 0.3) is 0 Å². The molecule has 1 aliphatic carbocycles. The van der Waals surface area contributed by atoms with Crippen molar-refractivity contribution in [1.82, 2.24) is 4.98 Å². The van der Waals surface area contributed by atoms with Crippen LogP contribution in [-0.4, -0.2) is 10.9 Å². The third-order valence-corrected chi connectivity index (χ3v) is 2.54. The van der Waals surface area contributed by atoms with Gasteiger partial charge in [0, 0.05) is 12.6 Å². The van der Waals surface area contributed by atoms with Crippen molar-refractivity contribution in [2.24, 2.45) is 5.92 Å². The summed E-state index contributed by atoms with van der Waals surface area (Å²) in [6, 6.07) is 1.66. The summed E-state index contributed by atoms with van der Waals surface area (Å²) in [4.78, 5) is 15.3. The number of carbonyl (C=O) groups is 1. The number of carbonyl (C=O) groups excluding carboxylic acids is 1. The maximum Gasteiger partial charge on any atom is 0.224 e. The van der Waals surface area contributed by atoms with Crippen molar-refractivity contribution >= 4 is 23.2 Å². The lowest BCUT2D eigenvalue weighted by Gasteiger charge is -2.05. The Morgan fingerprint density at radius 3 is 3.07 bits per heavy atom. The number of pyridine rings is 1. The molecule has 0 saturated heterocycles. The number of nitrogens with one attached hydrogen (secondary N) is 1. The monoisotopic (exact) mass is 210 g/mol. The number of hydrogen-bond donors (Lipinski definition) is 1. The van der Waals surface area contributed by atoms with Crippen LogP contribution in [0.5, 0.6) is 0 Å². The molecule has 1 heterocycles. The number of hydrogen-bond acceptors (Lipinski definition) is 2. The molecule has 4 heteroatoms. The Hall–Kier alpha value is -1.09. The van der Waals surface area contributed by atoms with E-state index in [4.69, 9.17) is 11.6 Å². The lowest BCUT2D eigenvalue weighted by atomic mass is 10.3. The highest BCUT2D eigenvalue weighted by Gasteiger charge is 2.24. The molecule has 0 spiro atoms. The van der Waals surface area contributed by atoms with E-state index >= 15 is 0 Å². The first-order chi connectivity index (χ1) is 6.75. The summed E-state index contributed by atoms with van der Waals surface area (Å²) in [5.41, 5.74) is 0.597. The molecule has 3 nitrogen and oxygen atoms in total. The number of rotatable bonds is 3. The first-order valence-electron chi connectivity index (χ1n) is 4.65. The molecule has 1 aromatic rings. The van der Waals surface area contributed by atoms with Crippen LogP contribution in [0.15, 0.2) is 18.5 Å². The van der Waals surface area contributed by atoms with E-state index in [-0.39, 0.29) is 5.91 Å². The second kappa shape index (κ2) is 3.96. The summed E-state index contributed by atoms with van der Waals surface area (Å²) in [6.45, 7) is 0. The van der Waals surface area contributed by atoms with Gasteiger partial charge in [0.1, 0.15) is 0 Å². The zero-order chi connectivity index (χ0) is 9.97. The minimum Gasteiger partial charge on any atom is -0.323 e. The van der Waals surface area contributed by atoms with E-state index in [1.807, 2.05) is 0 Å². The minimum absolute atomic E-state index is 0.0300. The number of aromatic nitrogens is 1. The van der Waals surface area contributed by atoms with Crippen molar-refractivity contribution in [1.29, 1.82) is 0 Å². The largest absolute Gasteiger partial charge is 0.323 e. The number of anilines is 1. The highest BCUT2D eigenvalue weighted by Crippen LogP contribution is 2.32. The predicted molar refractivity (Wildman–Crippen MR) is 55.2 cm³/mol. The smallest absolute Gasteiger partial charge is 0.224 e. The molecule has 74 valence electrons. The number of nitrogens with zero attached hydrogens (tertiary/aromatic N) is 1. The van der Waals surface area contributed by atoms with Gasteiger partial charge in [0.15, 0.2) is 0 Å². The van der Waals surface area contributed by atoms with E-state index < -0.39 is 0 Å². The third kappa shape index (κ3) is 2.45. The zero-order valence-electron chi connectivity index (χ0n) is 7.66. The van der Waals surface area contributed by atoms with Crippen LogP contribution in [0, 0.1) is 5.92 Å². The van der Waals surface area contributed by atoms with E-state index in [1.54, 1.807) is 18.5 Å². The van der Waals surface area contributed by atoms with Gasteiger partial charge in [0.2, 0.25) is 5.91 Å². The maximum atomic E-state index is 11.4. The van der Waals surface area contributed by atoms with Crippen LogP contribution >= 0.6 is 11.6 Å². The van der Waals surface area contributed by atoms with Crippen LogP contribution in [0.1, 0.15) is 19.3 Å². The fraction of sp³-hybridized carbons (Fsp3) is 0.400. The SMILES string of the molecule is O=C(CC1CC1)Nc1cnccc1Cl. The molecule has 2 rings (SSSR count). The molecule has 0 bridgehead atoms. The Bertz CT molecular complexity index is 350. The highest BCUT2D eigenvalue weighted by atomic mass is 35.5. The summed E-state index contributed by atoms with van der Waals surface area (Å²) in [7, 11) is 0. The minimum atomic E-state index is 0.0300. The summed E-state index contributed by atoms with van der Waals surface area (Å²) < 4.78 is 0. The van der Waals surface area contributed by atoms with Gasteiger partial charge in [-0.05, 0) is 24.8 Å². The third-order valence-electron chi connectivity index (χ3n) is 2.21. The van der Waals surface area contributed by atoms with Crippen LogP contribution in [0.4, 0.5) is 5.69 Å². The fourth-order valence-electron chi connectivity index (χ4n) is 1.25. The molecule has 14 heavy (non-hydrogen) atoms. The van der Waals surface area contributed by atoms with Crippen LogP contribution in [-0.2, 0) is 4.79 Å². The van der Waals surface area contributed by atoms with Crippen LogP contribution in [0.3, 0.4) is 0 Å². The molecule has 0 atom stereocenters.